The van der Waals surface area contributed by atoms with E-state index >= 15 is 0 Å². The third kappa shape index (κ3) is 5.14. The molecular weight excluding hydrogens is 298 g/mol. The van der Waals surface area contributed by atoms with Gasteiger partial charge < -0.3 is 10.2 Å². The van der Waals surface area contributed by atoms with E-state index in [0.717, 1.165) is 30.8 Å². The molecule has 1 aliphatic carbocycles. The lowest BCUT2D eigenvalue weighted by molar-refractivity contribution is 0.250. The summed E-state index contributed by atoms with van der Waals surface area (Å²) < 4.78 is 23.0. The van der Waals surface area contributed by atoms with Crippen molar-refractivity contribution in [1.29, 1.82) is 0 Å². The van der Waals surface area contributed by atoms with Gasteiger partial charge in [-0.05, 0) is 37.0 Å². The Morgan fingerprint density at radius 2 is 1.86 bits per heavy atom. The molecule has 1 N–H and O–H groups in total. The van der Waals surface area contributed by atoms with Gasteiger partial charge in [0.15, 0.2) is 15.8 Å². The molecule has 0 aromatic heterocycles. The monoisotopic (exact) mass is 329 g/mol. The molecule has 6 heteroatoms. The van der Waals surface area contributed by atoms with Gasteiger partial charge in [0, 0.05) is 27.2 Å². The Morgan fingerprint density at radius 3 is 2.41 bits per heavy atom. The van der Waals surface area contributed by atoms with E-state index in [1.807, 2.05) is 0 Å². The van der Waals surface area contributed by atoms with E-state index in [1.165, 1.54) is 25.7 Å². The summed E-state index contributed by atoms with van der Waals surface area (Å²) in [4.78, 5) is 6.55. The Bertz CT molecular complexity index is 482. The first kappa shape index (κ1) is 17.6. The molecule has 1 atom stereocenters. The largest absolute Gasteiger partial charge is 0.356 e. The zero-order valence-electron chi connectivity index (χ0n) is 14.2. The first-order chi connectivity index (χ1) is 10.4. The minimum Gasteiger partial charge on any atom is -0.356 e. The zero-order chi connectivity index (χ0) is 16.2. The van der Waals surface area contributed by atoms with Gasteiger partial charge in [0.1, 0.15) is 0 Å². The van der Waals surface area contributed by atoms with E-state index in [2.05, 4.69) is 29.2 Å². The highest BCUT2D eigenvalue weighted by Crippen LogP contribution is 2.28. The summed E-state index contributed by atoms with van der Waals surface area (Å²) in [5, 5.41) is 3.36. The normalized spacial score (nSPS) is 32.0. The van der Waals surface area contributed by atoms with Crippen LogP contribution < -0.4 is 5.32 Å². The first-order valence-electron chi connectivity index (χ1n) is 8.52. The van der Waals surface area contributed by atoms with E-state index < -0.39 is 9.84 Å². The zero-order valence-corrected chi connectivity index (χ0v) is 15.0. The van der Waals surface area contributed by atoms with Crippen molar-refractivity contribution in [1.82, 2.24) is 10.2 Å². The van der Waals surface area contributed by atoms with Gasteiger partial charge in [-0.25, -0.2) is 8.42 Å². The fraction of sp³-hybridized carbons (Fsp3) is 0.938. The number of guanidine groups is 1. The summed E-state index contributed by atoms with van der Waals surface area (Å²) in [5.74, 6) is 3.42. The van der Waals surface area contributed by atoms with Gasteiger partial charge in [-0.2, -0.15) is 0 Å². The van der Waals surface area contributed by atoms with Crippen LogP contribution in [0.15, 0.2) is 4.99 Å². The second-order valence-electron chi connectivity index (χ2n) is 7.20. The summed E-state index contributed by atoms with van der Waals surface area (Å²) in [5.41, 5.74) is 0. The van der Waals surface area contributed by atoms with Crippen LogP contribution in [0.4, 0.5) is 0 Å². The highest BCUT2D eigenvalue weighted by molar-refractivity contribution is 7.91. The highest BCUT2D eigenvalue weighted by atomic mass is 32.2. The van der Waals surface area contributed by atoms with Gasteiger partial charge in [-0.1, -0.05) is 19.8 Å². The first-order valence-corrected chi connectivity index (χ1v) is 10.3. The fourth-order valence-electron chi connectivity index (χ4n) is 3.64. The molecule has 22 heavy (non-hydrogen) atoms. The Hall–Kier alpha value is -0.780. The molecule has 1 aliphatic heterocycles. The summed E-state index contributed by atoms with van der Waals surface area (Å²) in [6.45, 7) is 4.09. The summed E-state index contributed by atoms with van der Waals surface area (Å²) in [6, 6.07) is 0. The average molecular weight is 330 g/mol. The van der Waals surface area contributed by atoms with Crippen LogP contribution in [-0.4, -0.2) is 58.0 Å². The smallest absolute Gasteiger partial charge is 0.193 e. The minimum absolute atomic E-state index is 0.227. The predicted octanol–water partition coefficient (Wildman–Crippen LogP) is 1.75. The molecule has 128 valence electrons. The van der Waals surface area contributed by atoms with Gasteiger partial charge in [0.05, 0.1) is 11.5 Å². The van der Waals surface area contributed by atoms with Crippen molar-refractivity contribution in [3.63, 3.8) is 0 Å². The summed E-state index contributed by atoms with van der Waals surface area (Å²) >= 11 is 0. The van der Waals surface area contributed by atoms with Crippen LogP contribution in [0.5, 0.6) is 0 Å². The van der Waals surface area contributed by atoms with Crippen LogP contribution >= 0.6 is 0 Å². The second kappa shape index (κ2) is 7.66. The Morgan fingerprint density at radius 1 is 1.18 bits per heavy atom. The molecule has 0 amide bonds. The van der Waals surface area contributed by atoms with E-state index in [0.29, 0.717) is 18.1 Å². The molecule has 0 spiro atoms. The lowest BCUT2D eigenvalue weighted by Gasteiger charge is -2.31. The lowest BCUT2D eigenvalue weighted by atomic mass is 9.83. The van der Waals surface area contributed by atoms with Crippen molar-refractivity contribution in [2.45, 2.75) is 39.0 Å². The Kier molecular flexibility index (Phi) is 6.12. The summed E-state index contributed by atoms with van der Waals surface area (Å²) in [6.07, 6.45) is 6.07. The van der Waals surface area contributed by atoms with Gasteiger partial charge in [-0.3, -0.25) is 4.99 Å². The van der Waals surface area contributed by atoms with Crippen molar-refractivity contribution in [2.75, 3.05) is 38.7 Å². The van der Waals surface area contributed by atoms with E-state index in [-0.39, 0.29) is 5.92 Å². The number of sulfone groups is 1. The molecule has 2 fully saturated rings. The molecule has 0 aromatic rings. The minimum atomic E-state index is -2.79. The summed E-state index contributed by atoms with van der Waals surface area (Å²) in [7, 11) is 1.09. The SMILES string of the molecule is CN=C(NCC1CCS(=O)(=O)C1)N(C)CC1CCC(C)CC1. The van der Waals surface area contributed by atoms with Gasteiger partial charge >= 0.3 is 0 Å². The Balaban J connectivity index is 1.76. The van der Waals surface area contributed by atoms with Crippen molar-refractivity contribution >= 4 is 15.8 Å². The molecule has 1 saturated heterocycles. The van der Waals surface area contributed by atoms with Crippen molar-refractivity contribution in [3.05, 3.63) is 0 Å². The third-order valence-electron chi connectivity index (χ3n) is 5.12. The average Bonchev–Trinajstić information content (AvgIpc) is 2.81. The van der Waals surface area contributed by atoms with Crippen LogP contribution in [0.2, 0.25) is 0 Å². The van der Waals surface area contributed by atoms with Crippen LogP contribution in [-0.2, 0) is 9.84 Å². The van der Waals surface area contributed by atoms with E-state index in [9.17, 15) is 8.42 Å². The van der Waals surface area contributed by atoms with Crippen LogP contribution in [0.25, 0.3) is 0 Å². The number of nitrogens with zero attached hydrogens (tertiary/aromatic N) is 2. The maximum atomic E-state index is 11.5. The van der Waals surface area contributed by atoms with Gasteiger partial charge in [0.2, 0.25) is 0 Å². The molecular formula is C16H31N3O2S. The molecule has 1 saturated carbocycles. The van der Waals surface area contributed by atoms with E-state index in [1.54, 1.807) is 7.05 Å². The Labute approximate surface area is 135 Å². The molecule has 1 unspecified atom stereocenters. The molecule has 0 bridgehead atoms. The van der Waals surface area contributed by atoms with Crippen LogP contribution in [0.3, 0.4) is 0 Å². The van der Waals surface area contributed by atoms with Gasteiger partial charge in [0.25, 0.3) is 0 Å². The van der Waals surface area contributed by atoms with Gasteiger partial charge in [-0.15, -0.1) is 0 Å². The predicted molar refractivity (Wildman–Crippen MR) is 91.9 cm³/mol. The highest BCUT2D eigenvalue weighted by Gasteiger charge is 2.28. The standard InChI is InChI=1S/C16H31N3O2S/c1-13-4-6-14(7-5-13)11-19(3)16(17-2)18-10-15-8-9-22(20,21)12-15/h13-15H,4-12H2,1-3H3,(H,17,18). The van der Waals surface area contributed by atoms with Crippen LogP contribution in [0.1, 0.15) is 39.0 Å². The molecule has 1 heterocycles. The number of hydrogen-bond acceptors (Lipinski definition) is 3. The van der Waals surface area contributed by atoms with Crippen molar-refractivity contribution in [3.8, 4) is 0 Å². The number of nitrogens with one attached hydrogen (secondary N) is 1. The maximum Gasteiger partial charge on any atom is 0.193 e. The lowest BCUT2D eigenvalue weighted by Crippen LogP contribution is -2.43. The number of hydrogen-bond donors (Lipinski definition) is 1. The van der Waals surface area contributed by atoms with Crippen molar-refractivity contribution < 1.29 is 8.42 Å². The second-order valence-corrected chi connectivity index (χ2v) is 9.43. The maximum absolute atomic E-state index is 11.5. The molecule has 2 aliphatic rings. The number of aliphatic imine (C=N–C) groups is 1. The molecule has 5 nitrogen and oxygen atoms in total. The molecule has 2 rings (SSSR count). The van der Waals surface area contributed by atoms with Crippen LogP contribution in [0, 0.1) is 17.8 Å². The van der Waals surface area contributed by atoms with Crippen molar-refractivity contribution in [2.24, 2.45) is 22.7 Å². The topological polar surface area (TPSA) is 61.8 Å². The fourth-order valence-corrected chi connectivity index (χ4v) is 5.50. The number of rotatable bonds is 4. The van der Waals surface area contributed by atoms with E-state index in [4.69, 9.17) is 0 Å². The quantitative estimate of drug-likeness (QED) is 0.630. The molecule has 0 aromatic carbocycles. The molecule has 0 radical (unpaired) electrons. The third-order valence-corrected chi connectivity index (χ3v) is 6.95.